The van der Waals surface area contributed by atoms with Crippen molar-refractivity contribution in [2.45, 2.75) is 11.8 Å². The molecule has 0 amide bonds. The Bertz CT molecular complexity index is 619. The van der Waals surface area contributed by atoms with Gasteiger partial charge in [0.15, 0.2) is 0 Å². The maximum atomic E-state index is 11.2. The van der Waals surface area contributed by atoms with Crippen LogP contribution in [0.3, 0.4) is 0 Å². The van der Waals surface area contributed by atoms with Crippen LogP contribution in [0.5, 0.6) is 0 Å². The Morgan fingerprint density at radius 1 is 1.38 bits per heavy atom. The molecule has 1 heterocycles. The summed E-state index contributed by atoms with van der Waals surface area (Å²) in [7, 11) is 1.60. The van der Waals surface area contributed by atoms with Crippen molar-refractivity contribution in [3.8, 4) is 10.6 Å². The van der Waals surface area contributed by atoms with Crippen LogP contribution in [-0.2, 0) is 9.05 Å². The third-order valence-electron chi connectivity index (χ3n) is 1.98. The third-order valence-corrected chi connectivity index (χ3v) is 4.34. The molecule has 0 fully saturated rings. The standard InChI is InChI=1S/C10H8ClNO2S2/c1-7-6-15-10(12-7)8-3-2-4-9(5-8)16(11,13)14/h2-6H,1H3. The van der Waals surface area contributed by atoms with E-state index in [0.717, 1.165) is 16.3 Å². The van der Waals surface area contributed by atoms with Gasteiger partial charge in [0.1, 0.15) is 5.01 Å². The van der Waals surface area contributed by atoms with Gasteiger partial charge in [-0.2, -0.15) is 0 Å². The van der Waals surface area contributed by atoms with Crippen molar-refractivity contribution >= 4 is 31.1 Å². The number of aromatic nitrogens is 1. The number of hydrogen-bond donors (Lipinski definition) is 0. The van der Waals surface area contributed by atoms with Crippen LogP contribution in [0.4, 0.5) is 0 Å². The Morgan fingerprint density at radius 2 is 2.12 bits per heavy atom. The molecule has 6 heteroatoms. The van der Waals surface area contributed by atoms with Gasteiger partial charge in [0.2, 0.25) is 0 Å². The molecule has 16 heavy (non-hydrogen) atoms. The molecule has 0 unspecified atom stereocenters. The maximum absolute atomic E-state index is 11.2. The summed E-state index contributed by atoms with van der Waals surface area (Å²) in [6.07, 6.45) is 0. The van der Waals surface area contributed by atoms with E-state index in [1.807, 2.05) is 18.4 Å². The molecule has 1 aromatic heterocycles. The molecule has 0 saturated heterocycles. The largest absolute Gasteiger partial charge is 0.261 e. The summed E-state index contributed by atoms with van der Waals surface area (Å²) >= 11 is 1.47. The fourth-order valence-electron chi connectivity index (χ4n) is 1.27. The number of hydrogen-bond acceptors (Lipinski definition) is 4. The number of benzene rings is 1. The zero-order valence-corrected chi connectivity index (χ0v) is 10.7. The van der Waals surface area contributed by atoms with Crippen LogP contribution >= 0.6 is 22.0 Å². The predicted molar refractivity (Wildman–Crippen MR) is 65.3 cm³/mol. The highest BCUT2D eigenvalue weighted by molar-refractivity contribution is 8.13. The van der Waals surface area contributed by atoms with E-state index in [0.29, 0.717) is 0 Å². The highest BCUT2D eigenvalue weighted by Gasteiger charge is 2.11. The zero-order chi connectivity index (χ0) is 11.8. The fourth-order valence-corrected chi connectivity index (χ4v) is 2.86. The minimum absolute atomic E-state index is 0.0968. The summed E-state index contributed by atoms with van der Waals surface area (Å²) in [5.74, 6) is 0. The molecule has 2 rings (SSSR count). The lowest BCUT2D eigenvalue weighted by atomic mass is 10.2. The summed E-state index contributed by atoms with van der Waals surface area (Å²) in [5.41, 5.74) is 1.68. The molecule has 84 valence electrons. The lowest BCUT2D eigenvalue weighted by Crippen LogP contribution is -1.90. The van der Waals surface area contributed by atoms with Crippen molar-refractivity contribution in [1.82, 2.24) is 4.98 Å². The topological polar surface area (TPSA) is 47.0 Å². The second-order valence-electron chi connectivity index (χ2n) is 3.26. The van der Waals surface area contributed by atoms with Crippen molar-refractivity contribution in [2.75, 3.05) is 0 Å². The summed E-state index contributed by atoms with van der Waals surface area (Å²) < 4.78 is 22.3. The molecule has 3 nitrogen and oxygen atoms in total. The molecule has 0 atom stereocenters. The molecule has 0 bridgehead atoms. The van der Waals surface area contributed by atoms with Gasteiger partial charge in [0.05, 0.1) is 4.90 Å². The van der Waals surface area contributed by atoms with Crippen molar-refractivity contribution < 1.29 is 8.42 Å². The van der Waals surface area contributed by atoms with Crippen LogP contribution in [0.25, 0.3) is 10.6 Å². The maximum Gasteiger partial charge on any atom is 0.261 e. The Balaban J connectivity index is 2.52. The highest BCUT2D eigenvalue weighted by Crippen LogP contribution is 2.26. The van der Waals surface area contributed by atoms with Crippen molar-refractivity contribution in [1.29, 1.82) is 0 Å². The van der Waals surface area contributed by atoms with Gasteiger partial charge in [0.25, 0.3) is 9.05 Å². The molecule has 1 aromatic carbocycles. The fraction of sp³-hybridized carbons (Fsp3) is 0.100. The normalized spacial score (nSPS) is 11.6. The minimum atomic E-state index is -3.68. The van der Waals surface area contributed by atoms with E-state index < -0.39 is 9.05 Å². The Labute approximate surface area is 102 Å². The van der Waals surface area contributed by atoms with Gasteiger partial charge in [0, 0.05) is 27.3 Å². The van der Waals surface area contributed by atoms with Crippen LogP contribution in [0.2, 0.25) is 0 Å². The summed E-state index contributed by atoms with van der Waals surface area (Å²) in [6.45, 7) is 1.89. The van der Waals surface area contributed by atoms with Gasteiger partial charge in [-0.05, 0) is 19.1 Å². The van der Waals surface area contributed by atoms with E-state index in [9.17, 15) is 8.42 Å². The second-order valence-corrected chi connectivity index (χ2v) is 6.68. The molecule has 2 aromatic rings. The Kier molecular flexibility index (Phi) is 3.01. The predicted octanol–water partition coefficient (Wildman–Crippen LogP) is 3.05. The average Bonchev–Trinajstić information content (AvgIpc) is 2.64. The summed E-state index contributed by atoms with van der Waals surface area (Å²) in [5, 5.41) is 2.71. The molecule has 0 N–H and O–H groups in total. The highest BCUT2D eigenvalue weighted by atomic mass is 35.7. The van der Waals surface area contributed by atoms with Gasteiger partial charge >= 0.3 is 0 Å². The molecule has 0 aliphatic heterocycles. The first-order chi connectivity index (χ1) is 7.47. The number of nitrogens with zero attached hydrogens (tertiary/aromatic N) is 1. The monoisotopic (exact) mass is 273 g/mol. The molecular weight excluding hydrogens is 266 g/mol. The van der Waals surface area contributed by atoms with E-state index in [-0.39, 0.29) is 4.90 Å². The van der Waals surface area contributed by atoms with Crippen LogP contribution in [0, 0.1) is 6.92 Å². The van der Waals surface area contributed by atoms with Gasteiger partial charge in [-0.15, -0.1) is 11.3 Å². The van der Waals surface area contributed by atoms with Crippen molar-refractivity contribution in [2.24, 2.45) is 0 Å². The molecular formula is C10H8ClNO2S2. The van der Waals surface area contributed by atoms with Crippen molar-refractivity contribution in [3.63, 3.8) is 0 Å². The van der Waals surface area contributed by atoms with Gasteiger partial charge in [-0.3, -0.25) is 0 Å². The number of rotatable bonds is 2. The summed E-state index contributed by atoms with van der Waals surface area (Å²) in [4.78, 5) is 4.38. The van der Waals surface area contributed by atoms with Crippen LogP contribution in [0.15, 0.2) is 34.5 Å². The molecule has 0 spiro atoms. The number of aryl methyl sites for hydroxylation is 1. The van der Waals surface area contributed by atoms with Gasteiger partial charge in [-0.25, -0.2) is 13.4 Å². The number of thiazole rings is 1. The molecule has 0 saturated carbocycles. The molecule has 0 aliphatic rings. The van der Waals surface area contributed by atoms with E-state index >= 15 is 0 Å². The average molecular weight is 274 g/mol. The quantitative estimate of drug-likeness (QED) is 0.790. The van der Waals surface area contributed by atoms with Gasteiger partial charge < -0.3 is 0 Å². The lowest BCUT2D eigenvalue weighted by Gasteiger charge is -1.99. The first-order valence-corrected chi connectivity index (χ1v) is 7.63. The second kappa shape index (κ2) is 4.16. The molecule has 0 radical (unpaired) electrons. The van der Waals surface area contributed by atoms with Crippen LogP contribution in [-0.4, -0.2) is 13.4 Å². The smallest absolute Gasteiger partial charge is 0.241 e. The summed E-state index contributed by atoms with van der Waals surface area (Å²) in [6, 6.07) is 6.46. The van der Waals surface area contributed by atoms with Crippen LogP contribution < -0.4 is 0 Å². The van der Waals surface area contributed by atoms with Gasteiger partial charge in [-0.1, -0.05) is 12.1 Å². The van der Waals surface area contributed by atoms with E-state index in [1.54, 1.807) is 6.07 Å². The Hall–Kier alpha value is -0.910. The minimum Gasteiger partial charge on any atom is -0.241 e. The number of halogens is 1. The SMILES string of the molecule is Cc1csc(-c2cccc(S(=O)(=O)Cl)c2)n1. The molecule has 0 aliphatic carbocycles. The van der Waals surface area contributed by atoms with E-state index in [2.05, 4.69) is 4.98 Å². The van der Waals surface area contributed by atoms with Crippen LogP contribution in [0.1, 0.15) is 5.69 Å². The Morgan fingerprint density at radius 3 is 2.69 bits per heavy atom. The zero-order valence-electron chi connectivity index (χ0n) is 8.34. The van der Waals surface area contributed by atoms with Crippen molar-refractivity contribution in [3.05, 3.63) is 35.3 Å². The van der Waals surface area contributed by atoms with E-state index in [1.165, 1.54) is 23.5 Å². The lowest BCUT2D eigenvalue weighted by molar-refractivity contribution is 0.609. The first kappa shape index (κ1) is 11.6. The van der Waals surface area contributed by atoms with E-state index in [4.69, 9.17) is 10.7 Å². The first-order valence-electron chi connectivity index (χ1n) is 4.44. The third kappa shape index (κ3) is 2.42.